The molecule has 0 saturated heterocycles. The molecular formula is C10H11FN2. The molecule has 0 amide bonds. The standard InChI is InChI=1S/C10H11FN2/c11-9-6-1-2-7-10(9)13-12-8-4-3-5-8/h1-2,6-7,13H,3-5H2. The quantitative estimate of drug-likeness (QED) is 0.692. The minimum absolute atomic E-state index is 0.258. The first-order chi connectivity index (χ1) is 6.36. The van der Waals surface area contributed by atoms with Gasteiger partial charge in [0, 0.05) is 5.71 Å². The van der Waals surface area contributed by atoms with Gasteiger partial charge in [0.05, 0.1) is 5.69 Å². The molecule has 0 aromatic heterocycles. The molecule has 13 heavy (non-hydrogen) atoms. The zero-order valence-corrected chi connectivity index (χ0v) is 7.26. The van der Waals surface area contributed by atoms with Gasteiger partial charge < -0.3 is 0 Å². The van der Waals surface area contributed by atoms with Crippen molar-refractivity contribution in [3.8, 4) is 0 Å². The largest absolute Gasteiger partial charge is 0.276 e. The molecule has 3 heteroatoms. The fourth-order valence-corrected chi connectivity index (χ4v) is 1.14. The summed E-state index contributed by atoms with van der Waals surface area (Å²) in [5.41, 5.74) is 4.30. The molecule has 1 saturated carbocycles. The van der Waals surface area contributed by atoms with E-state index < -0.39 is 0 Å². The summed E-state index contributed by atoms with van der Waals surface area (Å²) < 4.78 is 13.0. The van der Waals surface area contributed by atoms with Gasteiger partial charge in [-0.15, -0.1) is 0 Å². The van der Waals surface area contributed by atoms with Gasteiger partial charge in [-0.25, -0.2) is 4.39 Å². The summed E-state index contributed by atoms with van der Waals surface area (Å²) in [5, 5.41) is 4.09. The van der Waals surface area contributed by atoms with Crippen molar-refractivity contribution >= 4 is 11.4 Å². The van der Waals surface area contributed by atoms with Crippen molar-refractivity contribution in [1.82, 2.24) is 0 Å². The fourth-order valence-electron chi connectivity index (χ4n) is 1.14. The lowest BCUT2D eigenvalue weighted by atomic mass is 9.98. The molecule has 68 valence electrons. The number of rotatable bonds is 2. The summed E-state index contributed by atoms with van der Waals surface area (Å²) in [4.78, 5) is 0. The van der Waals surface area contributed by atoms with E-state index in [0.29, 0.717) is 5.69 Å². The lowest BCUT2D eigenvalue weighted by molar-refractivity contribution is 0.630. The molecule has 0 atom stereocenters. The van der Waals surface area contributed by atoms with Gasteiger partial charge in [0.15, 0.2) is 0 Å². The van der Waals surface area contributed by atoms with Crippen LogP contribution in [0.1, 0.15) is 19.3 Å². The number of hydrogen-bond acceptors (Lipinski definition) is 2. The molecular weight excluding hydrogens is 167 g/mol. The zero-order chi connectivity index (χ0) is 9.10. The molecule has 0 unspecified atom stereocenters. The van der Waals surface area contributed by atoms with Crippen LogP contribution in [0, 0.1) is 5.82 Å². The van der Waals surface area contributed by atoms with Gasteiger partial charge in [0.2, 0.25) is 0 Å². The summed E-state index contributed by atoms with van der Waals surface area (Å²) in [5.74, 6) is -0.258. The van der Waals surface area contributed by atoms with Crippen LogP contribution in [0.2, 0.25) is 0 Å². The second-order valence-electron chi connectivity index (χ2n) is 3.12. The van der Waals surface area contributed by atoms with Crippen LogP contribution < -0.4 is 5.43 Å². The lowest BCUT2D eigenvalue weighted by Crippen LogP contribution is -2.11. The Morgan fingerprint density at radius 2 is 2.00 bits per heavy atom. The summed E-state index contributed by atoms with van der Waals surface area (Å²) in [7, 11) is 0. The van der Waals surface area contributed by atoms with E-state index in [1.807, 2.05) is 0 Å². The van der Waals surface area contributed by atoms with E-state index in [0.717, 1.165) is 18.6 Å². The summed E-state index contributed by atoms with van der Waals surface area (Å²) in [6.45, 7) is 0. The number of nitrogens with one attached hydrogen (secondary N) is 1. The Labute approximate surface area is 76.5 Å². The molecule has 0 aliphatic heterocycles. The van der Waals surface area contributed by atoms with E-state index in [4.69, 9.17) is 0 Å². The predicted molar refractivity (Wildman–Crippen MR) is 51.3 cm³/mol. The molecule has 0 spiro atoms. The first-order valence-corrected chi connectivity index (χ1v) is 4.42. The molecule has 0 heterocycles. The van der Waals surface area contributed by atoms with Crippen molar-refractivity contribution in [2.75, 3.05) is 5.43 Å². The molecule has 1 aliphatic rings. The zero-order valence-electron chi connectivity index (χ0n) is 7.26. The average Bonchev–Trinajstić information content (AvgIpc) is 2.05. The maximum absolute atomic E-state index is 13.0. The van der Waals surface area contributed by atoms with Crippen LogP contribution in [0.5, 0.6) is 0 Å². The average molecular weight is 178 g/mol. The van der Waals surface area contributed by atoms with Crippen LogP contribution >= 0.6 is 0 Å². The van der Waals surface area contributed by atoms with Crippen molar-refractivity contribution < 1.29 is 4.39 Å². The van der Waals surface area contributed by atoms with E-state index >= 15 is 0 Å². The second-order valence-corrected chi connectivity index (χ2v) is 3.12. The Morgan fingerprint density at radius 3 is 2.62 bits per heavy atom. The Morgan fingerprint density at radius 1 is 1.23 bits per heavy atom. The Balaban J connectivity index is 2.05. The third kappa shape index (κ3) is 1.86. The number of hydrogen-bond donors (Lipinski definition) is 1. The van der Waals surface area contributed by atoms with Gasteiger partial charge in [-0.2, -0.15) is 5.10 Å². The van der Waals surface area contributed by atoms with Crippen molar-refractivity contribution in [1.29, 1.82) is 0 Å². The van der Waals surface area contributed by atoms with E-state index in [1.54, 1.807) is 18.2 Å². The summed E-state index contributed by atoms with van der Waals surface area (Å²) in [6, 6.07) is 6.55. The number of hydrazone groups is 1. The van der Waals surface area contributed by atoms with Crippen LogP contribution in [-0.4, -0.2) is 5.71 Å². The second kappa shape index (κ2) is 3.56. The first kappa shape index (κ1) is 8.23. The minimum Gasteiger partial charge on any atom is -0.276 e. The van der Waals surface area contributed by atoms with Gasteiger partial charge in [0.25, 0.3) is 0 Å². The topological polar surface area (TPSA) is 24.4 Å². The van der Waals surface area contributed by atoms with Crippen LogP contribution in [-0.2, 0) is 0 Å². The third-order valence-electron chi connectivity index (χ3n) is 2.14. The number of benzene rings is 1. The highest BCUT2D eigenvalue weighted by Crippen LogP contribution is 2.16. The molecule has 0 bridgehead atoms. The van der Waals surface area contributed by atoms with Crippen LogP contribution in [0.25, 0.3) is 0 Å². The maximum atomic E-state index is 13.0. The molecule has 0 radical (unpaired) electrons. The minimum atomic E-state index is -0.258. The summed E-state index contributed by atoms with van der Waals surface area (Å²) in [6.07, 6.45) is 3.29. The number of halogens is 1. The van der Waals surface area contributed by atoms with Gasteiger partial charge in [-0.3, -0.25) is 5.43 Å². The smallest absolute Gasteiger partial charge is 0.148 e. The van der Waals surface area contributed by atoms with Crippen LogP contribution in [0.4, 0.5) is 10.1 Å². The highest BCUT2D eigenvalue weighted by atomic mass is 19.1. The number of para-hydroxylation sites is 1. The SMILES string of the molecule is Fc1ccccc1NN=C1CCC1. The molecule has 1 aromatic rings. The Bertz CT molecular complexity index is 327. The van der Waals surface area contributed by atoms with E-state index in [1.165, 1.54) is 12.5 Å². The van der Waals surface area contributed by atoms with Crippen molar-refractivity contribution in [3.63, 3.8) is 0 Å². The Kier molecular flexibility index (Phi) is 2.25. The predicted octanol–water partition coefficient (Wildman–Crippen LogP) is 2.78. The molecule has 2 rings (SSSR count). The molecule has 1 N–H and O–H groups in total. The van der Waals surface area contributed by atoms with Crippen molar-refractivity contribution in [2.24, 2.45) is 5.10 Å². The highest BCUT2D eigenvalue weighted by Gasteiger charge is 2.09. The molecule has 1 aromatic carbocycles. The normalized spacial score (nSPS) is 15.0. The van der Waals surface area contributed by atoms with Crippen LogP contribution in [0.3, 0.4) is 0 Å². The summed E-state index contributed by atoms with van der Waals surface area (Å²) >= 11 is 0. The fraction of sp³-hybridized carbons (Fsp3) is 0.300. The number of anilines is 1. The van der Waals surface area contributed by atoms with Crippen molar-refractivity contribution in [3.05, 3.63) is 30.1 Å². The Hall–Kier alpha value is -1.38. The first-order valence-electron chi connectivity index (χ1n) is 4.42. The van der Waals surface area contributed by atoms with E-state index in [9.17, 15) is 4.39 Å². The van der Waals surface area contributed by atoms with Crippen LogP contribution in [0.15, 0.2) is 29.4 Å². The van der Waals surface area contributed by atoms with Gasteiger partial charge in [-0.1, -0.05) is 12.1 Å². The van der Waals surface area contributed by atoms with Gasteiger partial charge in [0.1, 0.15) is 5.82 Å². The molecule has 1 aliphatic carbocycles. The molecule has 2 nitrogen and oxygen atoms in total. The van der Waals surface area contributed by atoms with Gasteiger partial charge >= 0.3 is 0 Å². The lowest BCUT2D eigenvalue weighted by Gasteiger charge is -2.14. The monoisotopic (exact) mass is 178 g/mol. The van der Waals surface area contributed by atoms with Crippen molar-refractivity contribution in [2.45, 2.75) is 19.3 Å². The number of nitrogens with zero attached hydrogens (tertiary/aromatic N) is 1. The van der Waals surface area contributed by atoms with E-state index in [-0.39, 0.29) is 5.82 Å². The maximum Gasteiger partial charge on any atom is 0.148 e. The van der Waals surface area contributed by atoms with Gasteiger partial charge in [-0.05, 0) is 31.4 Å². The highest BCUT2D eigenvalue weighted by molar-refractivity contribution is 5.89. The molecule has 1 fully saturated rings. The van der Waals surface area contributed by atoms with E-state index in [2.05, 4.69) is 10.5 Å². The third-order valence-corrected chi connectivity index (χ3v) is 2.14.